The third-order valence-electron chi connectivity index (χ3n) is 5.06. The molecule has 0 saturated heterocycles. The number of nitriles is 2. The third-order valence-corrected chi connectivity index (χ3v) is 6.22. The minimum absolute atomic E-state index is 0.0582. The number of hydrogen-bond donors (Lipinski definition) is 1. The van der Waals surface area contributed by atoms with Crippen LogP contribution in [-0.2, 0) is 0 Å². The lowest BCUT2D eigenvalue weighted by atomic mass is 10.0. The first-order chi connectivity index (χ1) is 17.6. The predicted octanol–water partition coefficient (Wildman–Crippen LogP) is 7.11. The second-order valence-electron chi connectivity index (χ2n) is 8.23. The van der Waals surface area contributed by atoms with Gasteiger partial charge in [0.25, 0.3) is 5.91 Å². The molecular weight excluding hydrogens is 533 g/mol. The average Bonchev–Trinajstić information content (AvgIpc) is 2.87. The van der Waals surface area contributed by atoms with Gasteiger partial charge in [0, 0.05) is 17.7 Å². The molecule has 0 radical (unpaired) electrons. The average molecular weight is 554 g/mol. The van der Waals surface area contributed by atoms with Gasteiger partial charge in [0.2, 0.25) is 0 Å². The third kappa shape index (κ3) is 7.05. The van der Waals surface area contributed by atoms with Crippen LogP contribution in [0.15, 0.2) is 71.6 Å². The van der Waals surface area contributed by atoms with E-state index in [1.165, 1.54) is 32.2 Å². The number of hydrogen-bond acceptors (Lipinski definition) is 6. The Kier molecular flexibility index (Phi) is 6.97. The van der Waals surface area contributed by atoms with Crippen molar-refractivity contribution in [1.29, 1.82) is 10.5 Å². The van der Waals surface area contributed by atoms with Crippen molar-refractivity contribution in [3.8, 4) is 35.1 Å². The van der Waals surface area contributed by atoms with Crippen LogP contribution in [0.5, 0.6) is 23.0 Å². The van der Waals surface area contributed by atoms with E-state index in [1.807, 2.05) is 12.1 Å². The van der Waals surface area contributed by atoms with E-state index in [2.05, 4.69) is 5.32 Å². The Hall–Kier alpha value is -4.49. The minimum atomic E-state index is -9.90. The first kappa shape index (κ1) is 28.1. The molecule has 3 aromatic rings. The summed E-state index contributed by atoms with van der Waals surface area (Å²) in [7, 11) is -8.42. The molecule has 0 aromatic heterocycles. The van der Waals surface area contributed by atoms with Crippen LogP contribution in [0.3, 0.4) is 0 Å². The second-order valence-corrected chi connectivity index (χ2v) is 10.6. The van der Waals surface area contributed by atoms with Gasteiger partial charge >= 0.3 is 10.2 Å². The number of amides is 1. The second kappa shape index (κ2) is 9.43. The maximum Gasteiger partial charge on any atom is 0.310 e. The molecule has 0 aliphatic rings. The summed E-state index contributed by atoms with van der Waals surface area (Å²) in [5.41, 5.74) is -1.89. The summed E-state index contributed by atoms with van der Waals surface area (Å²) >= 11 is 0. The van der Waals surface area contributed by atoms with Gasteiger partial charge in [0.15, 0.2) is 17.0 Å². The summed E-state index contributed by atoms with van der Waals surface area (Å²) in [5, 5.41) is 21.2. The van der Waals surface area contributed by atoms with E-state index in [4.69, 9.17) is 14.2 Å². The molecule has 200 valence electrons. The molecule has 38 heavy (non-hydrogen) atoms. The lowest BCUT2D eigenvalue weighted by Gasteiger charge is -2.40. The van der Waals surface area contributed by atoms with Crippen molar-refractivity contribution in [2.45, 2.75) is 17.4 Å². The molecule has 1 atom stereocenters. The summed E-state index contributed by atoms with van der Waals surface area (Å²) < 4.78 is 81.3. The van der Waals surface area contributed by atoms with Gasteiger partial charge in [-0.25, -0.2) is 0 Å². The SMILES string of the molecule is COc1cccc(Oc2ccc(C#N)cc2OCC(C)(C#N)NC(=O)c2ccc(S(F)(F)(F)(F)F)cc2)c1. The monoisotopic (exact) mass is 553 g/mol. The van der Waals surface area contributed by atoms with E-state index in [1.54, 1.807) is 24.3 Å². The van der Waals surface area contributed by atoms with E-state index in [0.717, 1.165) is 0 Å². The summed E-state index contributed by atoms with van der Waals surface area (Å²) in [5.74, 6) is 0.139. The Morgan fingerprint density at radius 3 is 2.18 bits per heavy atom. The van der Waals surface area contributed by atoms with Crippen LogP contribution in [0.4, 0.5) is 19.4 Å². The summed E-state index contributed by atoms with van der Waals surface area (Å²) in [6.45, 7) is 0.812. The zero-order valence-electron chi connectivity index (χ0n) is 19.9. The van der Waals surface area contributed by atoms with Crippen molar-refractivity contribution < 1.29 is 38.4 Å². The van der Waals surface area contributed by atoms with Crippen LogP contribution >= 0.6 is 10.2 Å². The fraction of sp³-hybridized carbons (Fsp3) is 0.160. The Bertz CT molecular complexity index is 1450. The topological polar surface area (TPSA) is 104 Å². The van der Waals surface area contributed by atoms with Crippen LogP contribution in [-0.4, -0.2) is 25.2 Å². The van der Waals surface area contributed by atoms with Crippen LogP contribution in [0.1, 0.15) is 22.8 Å². The van der Waals surface area contributed by atoms with Gasteiger partial charge in [-0.05, 0) is 55.5 Å². The number of methoxy groups -OCH3 is 1. The number of nitrogens with one attached hydrogen (secondary N) is 1. The Balaban J connectivity index is 1.79. The van der Waals surface area contributed by atoms with E-state index in [9.17, 15) is 34.7 Å². The largest absolute Gasteiger partial charge is 0.497 e. The maximum atomic E-state index is 12.9. The highest BCUT2D eigenvalue weighted by Crippen LogP contribution is 3.02. The van der Waals surface area contributed by atoms with Crippen LogP contribution in [0, 0.1) is 22.7 Å². The number of carbonyl (C=O) groups excluding carboxylic acids is 1. The summed E-state index contributed by atoms with van der Waals surface area (Å²) in [4.78, 5) is 10.4. The number of carbonyl (C=O) groups is 1. The van der Waals surface area contributed by atoms with Gasteiger partial charge in [-0.15, -0.1) is 0 Å². The number of halogens is 5. The smallest absolute Gasteiger partial charge is 0.310 e. The highest BCUT2D eigenvalue weighted by Gasteiger charge is 2.65. The molecule has 0 aliphatic carbocycles. The molecule has 0 saturated carbocycles. The molecule has 3 aromatic carbocycles. The Morgan fingerprint density at radius 1 is 0.947 bits per heavy atom. The van der Waals surface area contributed by atoms with Crippen LogP contribution < -0.4 is 19.5 Å². The van der Waals surface area contributed by atoms with Crippen LogP contribution in [0.25, 0.3) is 0 Å². The minimum Gasteiger partial charge on any atom is -0.497 e. The number of ether oxygens (including phenoxy) is 3. The lowest BCUT2D eigenvalue weighted by Crippen LogP contribution is -2.49. The van der Waals surface area contributed by atoms with Crippen molar-refractivity contribution >= 4 is 16.1 Å². The van der Waals surface area contributed by atoms with Gasteiger partial charge in [0.1, 0.15) is 23.0 Å². The van der Waals surface area contributed by atoms with Crippen LogP contribution in [0.2, 0.25) is 0 Å². The molecule has 0 heterocycles. The van der Waals surface area contributed by atoms with E-state index in [0.29, 0.717) is 23.6 Å². The van der Waals surface area contributed by atoms with E-state index in [-0.39, 0.29) is 34.8 Å². The molecular formula is C25H20F5N3O4S. The first-order valence-electron chi connectivity index (χ1n) is 10.6. The fourth-order valence-electron chi connectivity index (χ4n) is 3.07. The van der Waals surface area contributed by atoms with Crippen molar-refractivity contribution in [2.24, 2.45) is 0 Å². The molecule has 0 fully saturated rings. The lowest BCUT2D eigenvalue weighted by molar-refractivity contribution is 0.0900. The summed E-state index contributed by atoms with van der Waals surface area (Å²) in [6, 6.07) is 16.1. The molecule has 1 N–H and O–H groups in total. The highest BCUT2D eigenvalue weighted by molar-refractivity contribution is 8.45. The van der Waals surface area contributed by atoms with E-state index < -0.39 is 33.2 Å². The molecule has 1 amide bonds. The van der Waals surface area contributed by atoms with E-state index >= 15 is 0 Å². The predicted molar refractivity (Wildman–Crippen MR) is 129 cm³/mol. The number of rotatable bonds is 9. The molecule has 0 aliphatic heterocycles. The maximum absolute atomic E-state index is 12.9. The van der Waals surface area contributed by atoms with Gasteiger partial charge in [0.05, 0.1) is 24.8 Å². The fourth-order valence-corrected chi connectivity index (χ4v) is 3.72. The highest BCUT2D eigenvalue weighted by atomic mass is 32.5. The molecule has 1 unspecified atom stereocenters. The quantitative estimate of drug-likeness (QED) is 0.283. The molecule has 0 spiro atoms. The van der Waals surface area contributed by atoms with Gasteiger partial charge in [-0.3, -0.25) is 4.79 Å². The van der Waals surface area contributed by atoms with Gasteiger partial charge in [-0.1, -0.05) is 25.5 Å². The molecule has 7 nitrogen and oxygen atoms in total. The summed E-state index contributed by atoms with van der Waals surface area (Å²) in [6.07, 6.45) is 0. The van der Waals surface area contributed by atoms with Crippen molar-refractivity contribution in [2.75, 3.05) is 13.7 Å². The Labute approximate surface area is 214 Å². The normalized spacial score (nSPS) is 14.4. The molecule has 0 bridgehead atoms. The molecule has 3 rings (SSSR count). The van der Waals surface area contributed by atoms with Crippen molar-refractivity contribution in [3.63, 3.8) is 0 Å². The molecule has 13 heteroatoms. The standard InChI is InChI=1S/C25H20F5N3O4S/c1-25(15-32,33-24(34)18-7-9-21(10-8-18)38(26,27,28,29)30)16-36-23-12-17(14-31)6-11-22(23)37-20-5-3-4-19(13-20)35-2/h3-13H,16H2,1-2H3,(H,33,34). The van der Waals surface area contributed by atoms with Gasteiger partial charge in [-0.2, -0.15) is 10.5 Å². The first-order valence-corrected chi connectivity index (χ1v) is 12.6. The zero-order chi connectivity index (χ0) is 28.3. The van der Waals surface area contributed by atoms with Crippen molar-refractivity contribution in [1.82, 2.24) is 5.32 Å². The zero-order valence-corrected chi connectivity index (χ0v) is 20.7. The van der Waals surface area contributed by atoms with Crippen molar-refractivity contribution in [3.05, 3.63) is 77.9 Å². The number of benzene rings is 3. The van der Waals surface area contributed by atoms with Gasteiger partial charge < -0.3 is 19.5 Å². The number of nitrogens with zero attached hydrogens (tertiary/aromatic N) is 2. The Morgan fingerprint density at radius 2 is 1.61 bits per heavy atom.